The number of methoxy groups -OCH3 is 1. The number of hydrogen-bond donors (Lipinski definition) is 0. The molecule has 0 aromatic heterocycles. The molecule has 1 atom stereocenters. The molecule has 0 aliphatic carbocycles. The van der Waals surface area contributed by atoms with Gasteiger partial charge < -0.3 is 4.74 Å². The number of hydrogen-bond acceptors (Lipinski definition) is 1. The van der Waals surface area contributed by atoms with Gasteiger partial charge in [0, 0.05) is 11.9 Å². The number of alkyl halides is 1. The lowest BCUT2D eigenvalue weighted by atomic mass is 10.0. The van der Waals surface area contributed by atoms with Gasteiger partial charge in [-0.1, -0.05) is 54.0 Å². The molecule has 15 heavy (non-hydrogen) atoms. The molecule has 0 aliphatic heterocycles. The quantitative estimate of drug-likeness (QED) is 0.736. The summed E-state index contributed by atoms with van der Waals surface area (Å²) in [6.07, 6.45) is 0.991. The van der Waals surface area contributed by atoms with E-state index >= 15 is 0 Å². The van der Waals surface area contributed by atoms with Crippen LogP contribution in [0.2, 0.25) is 0 Å². The van der Waals surface area contributed by atoms with E-state index in [1.165, 1.54) is 11.1 Å². The SMILES string of the molecule is COCCc1ccc(C(Br)C(C)C)cc1. The highest BCUT2D eigenvalue weighted by molar-refractivity contribution is 9.09. The van der Waals surface area contributed by atoms with Crippen LogP contribution in [-0.4, -0.2) is 13.7 Å². The van der Waals surface area contributed by atoms with Crippen molar-refractivity contribution < 1.29 is 4.74 Å². The molecule has 1 aromatic carbocycles. The molecule has 0 N–H and O–H groups in total. The first-order valence-corrected chi connectivity index (χ1v) is 6.28. The fraction of sp³-hybridized carbons (Fsp3) is 0.538. The van der Waals surface area contributed by atoms with Gasteiger partial charge in [0.2, 0.25) is 0 Å². The number of rotatable bonds is 5. The molecule has 0 fully saturated rings. The van der Waals surface area contributed by atoms with E-state index in [2.05, 4.69) is 54.0 Å². The van der Waals surface area contributed by atoms with Crippen molar-refractivity contribution in [3.05, 3.63) is 35.4 Å². The van der Waals surface area contributed by atoms with Crippen molar-refractivity contribution in [3.63, 3.8) is 0 Å². The molecule has 0 aliphatic rings. The van der Waals surface area contributed by atoms with Crippen LogP contribution in [0.4, 0.5) is 0 Å². The Bertz CT molecular complexity index is 279. The Kier molecular flexibility index (Phi) is 5.34. The second-order valence-electron chi connectivity index (χ2n) is 4.13. The van der Waals surface area contributed by atoms with E-state index in [1.807, 2.05) is 0 Å². The van der Waals surface area contributed by atoms with Crippen molar-refractivity contribution in [3.8, 4) is 0 Å². The molecular formula is C13H19BrO. The summed E-state index contributed by atoms with van der Waals surface area (Å²) >= 11 is 3.70. The minimum absolute atomic E-state index is 0.453. The van der Waals surface area contributed by atoms with Crippen LogP contribution in [0.3, 0.4) is 0 Å². The van der Waals surface area contributed by atoms with E-state index in [4.69, 9.17) is 4.74 Å². The molecule has 0 heterocycles. The third-order valence-electron chi connectivity index (χ3n) is 2.48. The van der Waals surface area contributed by atoms with Gasteiger partial charge in [-0.25, -0.2) is 0 Å². The van der Waals surface area contributed by atoms with Crippen LogP contribution in [0.1, 0.15) is 29.8 Å². The fourth-order valence-corrected chi connectivity index (χ4v) is 1.78. The summed E-state index contributed by atoms with van der Waals surface area (Å²) in [7, 11) is 1.74. The third-order valence-corrected chi connectivity index (χ3v) is 4.06. The van der Waals surface area contributed by atoms with Gasteiger partial charge in [-0.3, -0.25) is 0 Å². The maximum absolute atomic E-state index is 5.05. The van der Waals surface area contributed by atoms with Gasteiger partial charge in [-0.05, 0) is 23.5 Å². The summed E-state index contributed by atoms with van der Waals surface area (Å²) < 4.78 is 5.05. The van der Waals surface area contributed by atoms with Crippen LogP contribution in [0, 0.1) is 5.92 Å². The van der Waals surface area contributed by atoms with E-state index in [0.717, 1.165) is 13.0 Å². The van der Waals surface area contributed by atoms with Gasteiger partial charge >= 0.3 is 0 Å². The van der Waals surface area contributed by atoms with Gasteiger partial charge in [0.25, 0.3) is 0 Å². The second-order valence-corrected chi connectivity index (χ2v) is 5.12. The van der Waals surface area contributed by atoms with Crippen LogP contribution < -0.4 is 0 Å². The Morgan fingerprint density at radius 1 is 1.20 bits per heavy atom. The van der Waals surface area contributed by atoms with Crippen LogP contribution in [0.15, 0.2) is 24.3 Å². The van der Waals surface area contributed by atoms with Gasteiger partial charge in [-0.2, -0.15) is 0 Å². The lowest BCUT2D eigenvalue weighted by Gasteiger charge is -2.14. The summed E-state index contributed by atoms with van der Waals surface area (Å²) in [5.74, 6) is 0.620. The average Bonchev–Trinajstić information content (AvgIpc) is 2.26. The first-order chi connectivity index (χ1) is 7.15. The first-order valence-electron chi connectivity index (χ1n) is 5.37. The van der Waals surface area contributed by atoms with Crippen LogP contribution in [0.25, 0.3) is 0 Å². The minimum Gasteiger partial charge on any atom is -0.384 e. The normalized spacial score (nSPS) is 13.1. The van der Waals surface area contributed by atoms with Crippen molar-refractivity contribution in [1.82, 2.24) is 0 Å². The molecule has 0 radical (unpaired) electrons. The Labute approximate surface area is 101 Å². The zero-order valence-electron chi connectivity index (χ0n) is 9.66. The van der Waals surface area contributed by atoms with Crippen molar-refractivity contribution in [2.24, 2.45) is 5.92 Å². The molecule has 0 bridgehead atoms. The Morgan fingerprint density at radius 2 is 1.80 bits per heavy atom. The number of benzene rings is 1. The van der Waals surface area contributed by atoms with Gasteiger partial charge in [0.1, 0.15) is 0 Å². The summed E-state index contributed by atoms with van der Waals surface area (Å²) in [6.45, 7) is 5.23. The van der Waals surface area contributed by atoms with E-state index in [0.29, 0.717) is 10.7 Å². The summed E-state index contributed by atoms with van der Waals surface area (Å²) in [5.41, 5.74) is 2.69. The van der Waals surface area contributed by atoms with Crippen LogP contribution in [-0.2, 0) is 11.2 Å². The van der Waals surface area contributed by atoms with E-state index < -0.39 is 0 Å². The molecule has 1 unspecified atom stereocenters. The van der Waals surface area contributed by atoms with Crippen molar-refractivity contribution in [1.29, 1.82) is 0 Å². The molecule has 0 spiro atoms. The molecule has 1 aromatic rings. The first kappa shape index (κ1) is 12.7. The molecule has 0 saturated carbocycles. The van der Waals surface area contributed by atoms with E-state index in [-0.39, 0.29) is 0 Å². The van der Waals surface area contributed by atoms with Crippen LogP contribution >= 0.6 is 15.9 Å². The fourth-order valence-electron chi connectivity index (χ4n) is 1.47. The third kappa shape index (κ3) is 3.96. The van der Waals surface area contributed by atoms with Crippen molar-refractivity contribution in [2.75, 3.05) is 13.7 Å². The maximum Gasteiger partial charge on any atom is 0.0502 e. The average molecular weight is 271 g/mol. The standard InChI is InChI=1S/C13H19BrO/c1-10(2)13(14)12-6-4-11(5-7-12)8-9-15-3/h4-7,10,13H,8-9H2,1-3H3. The minimum atomic E-state index is 0.453. The van der Waals surface area contributed by atoms with Gasteiger partial charge in [0.15, 0.2) is 0 Å². The molecule has 1 rings (SSSR count). The highest BCUT2D eigenvalue weighted by Gasteiger charge is 2.10. The zero-order chi connectivity index (χ0) is 11.3. The van der Waals surface area contributed by atoms with Crippen LogP contribution in [0.5, 0.6) is 0 Å². The van der Waals surface area contributed by atoms with Crippen molar-refractivity contribution in [2.45, 2.75) is 25.1 Å². The zero-order valence-corrected chi connectivity index (χ0v) is 11.3. The summed E-state index contributed by atoms with van der Waals surface area (Å²) in [5, 5.41) is 0. The highest BCUT2D eigenvalue weighted by atomic mass is 79.9. The summed E-state index contributed by atoms with van der Waals surface area (Å²) in [6, 6.07) is 8.77. The lowest BCUT2D eigenvalue weighted by Crippen LogP contribution is -1.99. The topological polar surface area (TPSA) is 9.23 Å². The maximum atomic E-state index is 5.05. The molecule has 84 valence electrons. The lowest BCUT2D eigenvalue weighted by molar-refractivity contribution is 0.202. The van der Waals surface area contributed by atoms with Gasteiger partial charge in [0.05, 0.1) is 6.61 Å². The summed E-state index contributed by atoms with van der Waals surface area (Å²) in [4.78, 5) is 0.453. The smallest absolute Gasteiger partial charge is 0.0502 e. The predicted octanol–water partition coefficient (Wildman–Crippen LogP) is 3.97. The second kappa shape index (κ2) is 6.29. The Morgan fingerprint density at radius 3 is 2.27 bits per heavy atom. The molecular weight excluding hydrogens is 252 g/mol. The molecule has 0 saturated heterocycles. The van der Waals surface area contributed by atoms with E-state index in [1.54, 1.807) is 7.11 Å². The number of ether oxygens (including phenoxy) is 1. The van der Waals surface area contributed by atoms with E-state index in [9.17, 15) is 0 Å². The largest absolute Gasteiger partial charge is 0.384 e. The highest BCUT2D eigenvalue weighted by Crippen LogP contribution is 2.30. The van der Waals surface area contributed by atoms with Gasteiger partial charge in [-0.15, -0.1) is 0 Å². The predicted molar refractivity (Wildman–Crippen MR) is 68.5 cm³/mol. The Balaban J connectivity index is 2.63. The van der Waals surface area contributed by atoms with Crippen molar-refractivity contribution >= 4 is 15.9 Å². The molecule has 2 heteroatoms. The molecule has 1 nitrogen and oxygen atoms in total. The number of halogens is 1. The molecule has 0 amide bonds. The monoisotopic (exact) mass is 270 g/mol. The Hall–Kier alpha value is -0.340.